The van der Waals surface area contributed by atoms with E-state index in [1.54, 1.807) is 7.11 Å². The summed E-state index contributed by atoms with van der Waals surface area (Å²) >= 11 is 0. The Morgan fingerprint density at radius 3 is 2.00 bits per heavy atom. The number of rotatable bonds is 8. The molecule has 0 amide bonds. The van der Waals surface area contributed by atoms with Gasteiger partial charge in [-0.2, -0.15) is 0 Å². The highest BCUT2D eigenvalue weighted by molar-refractivity contribution is 5.26. The summed E-state index contributed by atoms with van der Waals surface area (Å²) in [5.41, 5.74) is 3.06. The first-order valence-corrected chi connectivity index (χ1v) is 7.65. The van der Waals surface area contributed by atoms with Crippen molar-refractivity contribution in [2.75, 3.05) is 20.2 Å². The highest BCUT2D eigenvalue weighted by atomic mass is 16.5. The quantitative estimate of drug-likeness (QED) is 0.743. The Kier molecular flexibility index (Phi) is 6.56. The Bertz CT molecular complexity index is 396. The lowest BCUT2D eigenvalue weighted by Gasteiger charge is -2.29. The second-order valence-electron chi connectivity index (χ2n) is 5.21. The number of hydrogen-bond acceptors (Lipinski definition) is 4. The molecule has 0 spiro atoms. The van der Waals surface area contributed by atoms with Crippen LogP contribution in [0.1, 0.15) is 56.4 Å². The molecular weight excluding hydrogens is 250 g/mol. The van der Waals surface area contributed by atoms with Crippen LogP contribution in [-0.4, -0.2) is 30.2 Å². The van der Waals surface area contributed by atoms with Crippen LogP contribution < -0.4 is 5.32 Å². The standard InChI is InChI=1S/C16H29N3O/c1-7-16(8-2,20-6)15-18-12(4)14(13(5)19-15)10-11-17-9-3/h17H,7-11H2,1-6H3. The molecule has 1 rings (SSSR count). The Balaban J connectivity index is 3.09. The van der Waals surface area contributed by atoms with E-state index in [2.05, 4.69) is 39.9 Å². The normalized spacial score (nSPS) is 11.9. The maximum Gasteiger partial charge on any atom is 0.160 e. The third kappa shape index (κ3) is 3.55. The number of nitrogens with one attached hydrogen (secondary N) is 1. The second-order valence-corrected chi connectivity index (χ2v) is 5.21. The summed E-state index contributed by atoms with van der Waals surface area (Å²) in [6.07, 6.45) is 2.75. The van der Waals surface area contributed by atoms with Gasteiger partial charge in [0.25, 0.3) is 0 Å². The van der Waals surface area contributed by atoms with Gasteiger partial charge in [-0.3, -0.25) is 0 Å². The lowest BCUT2D eigenvalue weighted by Crippen LogP contribution is -2.30. The van der Waals surface area contributed by atoms with E-state index in [0.717, 1.165) is 49.6 Å². The van der Waals surface area contributed by atoms with Gasteiger partial charge in [-0.15, -0.1) is 0 Å². The molecule has 0 unspecified atom stereocenters. The van der Waals surface area contributed by atoms with Crippen molar-refractivity contribution in [3.05, 3.63) is 22.8 Å². The molecule has 0 aliphatic heterocycles. The molecule has 0 saturated carbocycles. The van der Waals surface area contributed by atoms with E-state index in [1.165, 1.54) is 5.56 Å². The average molecular weight is 279 g/mol. The van der Waals surface area contributed by atoms with Gasteiger partial charge in [0.15, 0.2) is 5.82 Å². The highest BCUT2D eigenvalue weighted by Crippen LogP contribution is 2.30. The van der Waals surface area contributed by atoms with E-state index in [-0.39, 0.29) is 5.60 Å². The monoisotopic (exact) mass is 279 g/mol. The summed E-state index contributed by atoms with van der Waals surface area (Å²) in [6, 6.07) is 0. The minimum Gasteiger partial charge on any atom is -0.370 e. The zero-order valence-corrected chi connectivity index (χ0v) is 13.8. The van der Waals surface area contributed by atoms with E-state index in [0.29, 0.717) is 0 Å². The molecule has 20 heavy (non-hydrogen) atoms. The fraction of sp³-hybridized carbons (Fsp3) is 0.750. The molecule has 0 aromatic carbocycles. The summed E-state index contributed by atoms with van der Waals surface area (Å²) in [4.78, 5) is 9.47. The Hall–Kier alpha value is -1.00. The first-order chi connectivity index (χ1) is 9.54. The molecule has 1 N–H and O–H groups in total. The van der Waals surface area contributed by atoms with Crippen LogP contribution in [0.5, 0.6) is 0 Å². The summed E-state index contributed by atoms with van der Waals surface area (Å²) in [6.45, 7) is 12.5. The lowest BCUT2D eigenvalue weighted by molar-refractivity contribution is -0.0294. The van der Waals surface area contributed by atoms with Crippen molar-refractivity contribution in [2.45, 2.75) is 59.5 Å². The summed E-state index contributed by atoms with van der Waals surface area (Å²) in [7, 11) is 1.75. The van der Waals surface area contributed by atoms with Gasteiger partial charge in [-0.25, -0.2) is 9.97 Å². The van der Waals surface area contributed by atoms with Crippen molar-refractivity contribution in [3.8, 4) is 0 Å². The van der Waals surface area contributed by atoms with E-state index >= 15 is 0 Å². The minimum atomic E-state index is -0.351. The second kappa shape index (κ2) is 7.70. The fourth-order valence-electron chi connectivity index (χ4n) is 2.64. The molecule has 0 saturated heterocycles. The van der Waals surface area contributed by atoms with Crippen LogP contribution in [-0.2, 0) is 16.8 Å². The zero-order valence-electron chi connectivity index (χ0n) is 13.8. The van der Waals surface area contributed by atoms with Gasteiger partial charge in [0.05, 0.1) is 0 Å². The van der Waals surface area contributed by atoms with E-state index in [4.69, 9.17) is 14.7 Å². The number of likely N-dealkylation sites (N-methyl/N-ethyl adjacent to an activating group) is 1. The summed E-state index contributed by atoms with van der Waals surface area (Å²) in [5.74, 6) is 0.826. The number of ether oxygens (including phenoxy) is 1. The SMILES string of the molecule is CCNCCc1c(C)nc(C(CC)(CC)OC)nc1C. The smallest absolute Gasteiger partial charge is 0.160 e. The number of nitrogens with zero attached hydrogens (tertiary/aromatic N) is 2. The summed E-state index contributed by atoms with van der Waals surface area (Å²) in [5, 5.41) is 3.35. The van der Waals surface area contributed by atoms with Crippen LogP contribution in [0.4, 0.5) is 0 Å². The largest absolute Gasteiger partial charge is 0.370 e. The van der Waals surface area contributed by atoms with Crippen LogP contribution in [0.25, 0.3) is 0 Å². The predicted octanol–water partition coefficient (Wildman–Crippen LogP) is 2.91. The number of aromatic nitrogens is 2. The molecule has 4 heteroatoms. The van der Waals surface area contributed by atoms with Crippen molar-refractivity contribution in [1.29, 1.82) is 0 Å². The topological polar surface area (TPSA) is 47.0 Å². The summed E-state index contributed by atoms with van der Waals surface area (Å²) < 4.78 is 5.73. The minimum absolute atomic E-state index is 0.351. The van der Waals surface area contributed by atoms with Gasteiger partial charge in [0.1, 0.15) is 5.60 Å². The van der Waals surface area contributed by atoms with Crippen molar-refractivity contribution in [1.82, 2.24) is 15.3 Å². The van der Waals surface area contributed by atoms with Crippen LogP contribution in [0.2, 0.25) is 0 Å². The third-order valence-corrected chi connectivity index (χ3v) is 4.16. The Labute approximate surface area is 123 Å². The highest BCUT2D eigenvalue weighted by Gasteiger charge is 2.32. The van der Waals surface area contributed by atoms with Crippen LogP contribution in [0.3, 0.4) is 0 Å². The molecule has 0 atom stereocenters. The van der Waals surface area contributed by atoms with Crippen LogP contribution >= 0.6 is 0 Å². The Morgan fingerprint density at radius 2 is 1.60 bits per heavy atom. The molecule has 0 bridgehead atoms. The third-order valence-electron chi connectivity index (χ3n) is 4.16. The molecular formula is C16H29N3O. The molecule has 114 valence electrons. The van der Waals surface area contributed by atoms with Gasteiger partial charge in [0.2, 0.25) is 0 Å². The maximum atomic E-state index is 5.73. The van der Waals surface area contributed by atoms with E-state index in [1.807, 2.05) is 0 Å². The van der Waals surface area contributed by atoms with Gasteiger partial charge in [0, 0.05) is 18.5 Å². The van der Waals surface area contributed by atoms with E-state index < -0.39 is 0 Å². The molecule has 0 fully saturated rings. The van der Waals surface area contributed by atoms with E-state index in [9.17, 15) is 0 Å². The number of methoxy groups -OCH3 is 1. The van der Waals surface area contributed by atoms with Crippen molar-refractivity contribution >= 4 is 0 Å². The average Bonchev–Trinajstić information content (AvgIpc) is 2.44. The van der Waals surface area contributed by atoms with Gasteiger partial charge in [-0.1, -0.05) is 20.8 Å². The first-order valence-electron chi connectivity index (χ1n) is 7.65. The molecule has 1 aromatic rings. The van der Waals surface area contributed by atoms with Crippen molar-refractivity contribution in [2.24, 2.45) is 0 Å². The fourth-order valence-corrected chi connectivity index (χ4v) is 2.64. The molecule has 4 nitrogen and oxygen atoms in total. The van der Waals surface area contributed by atoms with Gasteiger partial charge >= 0.3 is 0 Å². The first kappa shape index (κ1) is 17.1. The number of hydrogen-bond donors (Lipinski definition) is 1. The predicted molar refractivity (Wildman–Crippen MR) is 83.0 cm³/mol. The molecule has 0 aliphatic rings. The Morgan fingerprint density at radius 1 is 1.05 bits per heavy atom. The van der Waals surface area contributed by atoms with Crippen molar-refractivity contribution in [3.63, 3.8) is 0 Å². The van der Waals surface area contributed by atoms with Crippen LogP contribution in [0, 0.1) is 13.8 Å². The molecule has 0 aliphatic carbocycles. The molecule has 0 radical (unpaired) electrons. The lowest BCUT2D eigenvalue weighted by atomic mass is 9.95. The number of aryl methyl sites for hydroxylation is 2. The molecule has 1 aromatic heterocycles. The van der Waals surface area contributed by atoms with Crippen LogP contribution in [0.15, 0.2) is 0 Å². The molecule has 1 heterocycles. The maximum absolute atomic E-state index is 5.73. The zero-order chi connectivity index (χ0) is 15.2. The van der Waals surface area contributed by atoms with Gasteiger partial charge < -0.3 is 10.1 Å². The van der Waals surface area contributed by atoms with Gasteiger partial charge in [-0.05, 0) is 51.8 Å². The van der Waals surface area contributed by atoms with Crippen molar-refractivity contribution < 1.29 is 4.74 Å².